The van der Waals surface area contributed by atoms with Crippen LogP contribution in [-0.2, 0) is 14.3 Å². The summed E-state index contributed by atoms with van der Waals surface area (Å²) in [6.07, 6.45) is 7.29. The Balaban J connectivity index is 1.55. The standard InChI is InChI=1S/C26H34O6/c1-15(27)32-21-13-26(30)20-6-5-17-12-18(28)8-10-24(17,2)19(20)9-11-25(26,3)23(21)16-4-7-22(29)31-14-16/h4,7,14,17,19-21,23,30H,5-6,8-13H2,1-3H3/t17-,19+,20-,21+,23+,24+,25-,26+/m1/s1. The molecule has 0 saturated heterocycles. The molecule has 5 rings (SSSR count). The molecule has 8 atom stereocenters. The fourth-order valence-corrected chi connectivity index (χ4v) is 8.48. The van der Waals surface area contributed by atoms with Gasteiger partial charge in [-0.15, -0.1) is 0 Å². The third-order valence-corrected chi connectivity index (χ3v) is 10.1. The summed E-state index contributed by atoms with van der Waals surface area (Å²) in [5.41, 5.74) is -1.02. The SMILES string of the molecule is CC(=O)O[C@H]1C[C@]2(O)[C@@H]3CC[C@@H]4CC(=O)CC[C@]4(C)[C@H]3CC[C@]2(C)[C@H]1c1ccc(=O)oc1. The van der Waals surface area contributed by atoms with Gasteiger partial charge < -0.3 is 14.3 Å². The molecule has 0 aliphatic heterocycles. The summed E-state index contributed by atoms with van der Waals surface area (Å²) in [5, 5.41) is 12.4. The van der Waals surface area contributed by atoms with Crippen molar-refractivity contribution < 1.29 is 23.8 Å². The number of esters is 1. The number of carbonyl (C=O) groups excluding carboxylic acids is 2. The molecule has 1 N–H and O–H groups in total. The monoisotopic (exact) mass is 442 g/mol. The smallest absolute Gasteiger partial charge is 0.335 e. The number of hydrogen-bond acceptors (Lipinski definition) is 6. The summed E-state index contributed by atoms with van der Waals surface area (Å²) in [7, 11) is 0. The Labute approximate surface area is 188 Å². The summed E-state index contributed by atoms with van der Waals surface area (Å²) in [5.74, 6) is 0.656. The maximum atomic E-state index is 12.4. The van der Waals surface area contributed by atoms with Crippen LogP contribution in [0.15, 0.2) is 27.6 Å². The van der Waals surface area contributed by atoms with Crippen LogP contribution >= 0.6 is 0 Å². The minimum Gasteiger partial charge on any atom is -0.462 e. The van der Waals surface area contributed by atoms with Crippen molar-refractivity contribution >= 4 is 11.8 Å². The van der Waals surface area contributed by atoms with Gasteiger partial charge in [-0.1, -0.05) is 13.8 Å². The highest BCUT2D eigenvalue weighted by atomic mass is 16.5. The molecule has 4 aliphatic carbocycles. The summed E-state index contributed by atoms with van der Waals surface area (Å²) in [4.78, 5) is 35.7. The molecule has 0 amide bonds. The predicted molar refractivity (Wildman–Crippen MR) is 117 cm³/mol. The summed E-state index contributed by atoms with van der Waals surface area (Å²) >= 11 is 0. The first-order valence-electron chi connectivity index (χ1n) is 12.1. The van der Waals surface area contributed by atoms with Gasteiger partial charge in [0.2, 0.25) is 0 Å². The lowest BCUT2D eigenvalue weighted by molar-refractivity contribution is -0.201. The maximum Gasteiger partial charge on any atom is 0.335 e. The van der Waals surface area contributed by atoms with Crippen LogP contribution in [0.2, 0.25) is 0 Å². The zero-order chi connectivity index (χ0) is 22.9. The predicted octanol–water partition coefficient (Wildman–Crippen LogP) is 3.99. The maximum absolute atomic E-state index is 12.4. The topological polar surface area (TPSA) is 93.8 Å². The lowest BCUT2D eigenvalue weighted by atomic mass is 9.43. The first-order valence-corrected chi connectivity index (χ1v) is 12.1. The Morgan fingerprint density at radius 3 is 2.59 bits per heavy atom. The number of ketones is 1. The largest absolute Gasteiger partial charge is 0.462 e. The average Bonchev–Trinajstić information content (AvgIpc) is 2.95. The Morgan fingerprint density at radius 2 is 1.91 bits per heavy atom. The Hall–Kier alpha value is -1.95. The molecule has 1 aromatic rings. The third-order valence-electron chi connectivity index (χ3n) is 10.1. The van der Waals surface area contributed by atoms with Crippen molar-refractivity contribution in [2.75, 3.05) is 0 Å². The Bertz CT molecular complexity index is 978. The molecular formula is C26H34O6. The van der Waals surface area contributed by atoms with E-state index in [0.717, 1.165) is 37.7 Å². The zero-order valence-electron chi connectivity index (χ0n) is 19.3. The van der Waals surface area contributed by atoms with E-state index in [-0.39, 0.29) is 23.2 Å². The minimum atomic E-state index is -0.980. The number of aliphatic hydroxyl groups is 1. The van der Waals surface area contributed by atoms with Gasteiger partial charge in [-0.05, 0) is 66.9 Å². The minimum absolute atomic E-state index is 0.0719. The lowest BCUT2D eigenvalue weighted by Crippen LogP contribution is -2.61. The van der Waals surface area contributed by atoms with Crippen LogP contribution < -0.4 is 5.63 Å². The molecule has 0 bridgehead atoms. The number of fused-ring (bicyclic) bond motifs is 5. The van der Waals surface area contributed by atoms with Crippen LogP contribution in [0.4, 0.5) is 0 Å². The van der Waals surface area contributed by atoms with Gasteiger partial charge in [-0.25, -0.2) is 4.79 Å². The molecule has 4 fully saturated rings. The van der Waals surface area contributed by atoms with Crippen molar-refractivity contribution in [1.82, 2.24) is 0 Å². The van der Waals surface area contributed by atoms with E-state index in [4.69, 9.17) is 9.15 Å². The van der Waals surface area contributed by atoms with E-state index in [1.54, 1.807) is 6.07 Å². The number of hydrogen-bond donors (Lipinski definition) is 1. The molecule has 4 aliphatic rings. The quantitative estimate of drug-likeness (QED) is 0.696. The van der Waals surface area contributed by atoms with Gasteiger partial charge in [0.1, 0.15) is 11.9 Å². The normalized spacial score (nSPS) is 45.5. The Morgan fingerprint density at radius 1 is 1.12 bits per heavy atom. The highest BCUT2D eigenvalue weighted by molar-refractivity contribution is 5.79. The van der Waals surface area contributed by atoms with E-state index >= 15 is 0 Å². The van der Waals surface area contributed by atoms with Gasteiger partial charge in [-0.2, -0.15) is 0 Å². The van der Waals surface area contributed by atoms with E-state index < -0.39 is 22.7 Å². The van der Waals surface area contributed by atoms with Crippen LogP contribution in [0.3, 0.4) is 0 Å². The second-order valence-corrected chi connectivity index (χ2v) is 11.3. The fourth-order valence-electron chi connectivity index (χ4n) is 8.48. The van der Waals surface area contributed by atoms with E-state index in [1.807, 2.05) is 0 Å². The fraction of sp³-hybridized carbons (Fsp3) is 0.731. The van der Waals surface area contributed by atoms with Crippen molar-refractivity contribution in [2.24, 2.45) is 28.6 Å². The van der Waals surface area contributed by atoms with Gasteiger partial charge in [0.05, 0.1) is 11.9 Å². The summed E-state index contributed by atoms with van der Waals surface area (Å²) in [6.45, 7) is 5.88. The van der Waals surface area contributed by atoms with Crippen LogP contribution in [0, 0.1) is 28.6 Å². The molecule has 174 valence electrons. The molecular weight excluding hydrogens is 408 g/mol. The second kappa shape index (κ2) is 7.28. The molecule has 32 heavy (non-hydrogen) atoms. The van der Waals surface area contributed by atoms with Crippen LogP contribution in [-0.4, -0.2) is 28.6 Å². The lowest BCUT2D eigenvalue weighted by Gasteiger charge is -2.63. The highest BCUT2D eigenvalue weighted by Gasteiger charge is 2.70. The van der Waals surface area contributed by atoms with Crippen LogP contribution in [0.25, 0.3) is 0 Å². The Kier molecular flexibility index (Phi) is 4.97. The van der Waals surface area contributed by atoms with Crippen molar-refractivity contribution in [2.45, 2.75) is 89.8 Å². The van der Waals surface area contributed by atoms with Crippen molar-refractivity contribution in [1.29, 1.82) is 0 Å². The molecule has 1 heterocycles. The van der Waals surface area contributed by atoms with Gasteiger partial charge >= 0.3 is 11.6 Å². The average molecular weight is 443 g/mol. The van der Waals surface area contributed by atoms with Crippen molar-refractivity contribution in [3.8, 4) is 0 Å². The first kappa shape index (κ1) is 21.9. The molecule has 1 aromatic heterocycles. The van der Waals surface area contributed by atoms with E-state index in [0.29, 0.717) is 36.9 Å². The highest BCUT2D eigenvalue weighted by Crippen LogP contribution is 2.70. The number of rotatable bonds is 2. The van der Waals surface area contributed by atoms with E-state index in [9.17, 15) is 19.5 Å². The van der Waals surface area contributed by atoms with E-state index in [2.05, 4.69) is 13.8 Å². The van der Waals surface area contributed by atoms with E-state index in [1.165, 1.54) is 19.3 Å². The van der Waals surface area contributed by atoms with Gasteiger partial charge in [-0.3, -0.25) is 9.59 Å². The molecule has 6 heteroatoms. The van der Waals surface area contributed by atoms with Gasteiger partial charge in [0.15, 0.2) is 0 Å². The molecule has 0 radical (unpaired) electrons. The van der Waals surface area contributed by atoms with Crippen molar-refractivity contribution in [3.63, 3.8) is 0 Å². The number of ether oxygens (including phenoxy) is 1. The van der Waals surface area contributed by atoms with Gasteiger partial charge in [0, 0.05) is 43.6 Å². The third kappa shape index (κ3) is 2.98. The molecule has 0 aromatic carbocycles. The molecule has 0 unspecified atom stereocenters. The molecule has 6 nitrogen and oxygen atoms in total. The van der Waals surface area contributed by atoms with Crippen molar-refractivity contribution in [3.05, 3.63) is 34.4 Å². The molecule has 4 saturated carbocycles. The van der Waals surface area contributed by atoms with Crippen LogP contribution in [0.1, 0.15) is 83.6 Å². The second-order valence-electron chi connectivity index (χ2n) is 11.3. The summed E-state index contributed by atoms with van der Waals surface area (Å²) < 4.78 is 11.0. The number of Topliss-reactive ketones (excluding diaryl/α,β-unsaturated/α-hetero) is 1. The number of carbonyl (C=O) groups is 2. The summed E-state index contributed by atoms with van der Waals surface area (Å²) in [6, 6.07) is 3.15. The van der Waals surface area contributed by atoms with Gasteiger partial charge in [0.25, 0.3) is 0 Å². The zero-order valence-corrected chi connectivity index (χ0v) is 19.3. The first-order chi connectivity index (χ1) is 15.1. The van der Waals surface area contributed by atoms with Crippen LogP contribution in [0.5, 0.6) is 0 Å². The molecule has 0 spiro atoms.